The van der Waals surface area contributed by atoms with E-state index in [0.29, 0.717) is 6.07 Å². The molecule has 0 aliphatic rings. The number of nitrogens with zero attached hydrogens (tertiary/aromatic N) is 3. The average Bonchev–Trinajstić information content (AvgIpc) is 2.82. The summed E-state index contributed by atoms with van der Waals surface area (Å²) in [7, 11) is 0. The van der Waals surface area contributed by atoms with Crippen LogP contribution in [0.3, 0.4) is 0 Å². The van der Waals surface area contributed by atoms with Gasteiger partial charge in [0.2, 0.25) is 5.76 Å². The molecule has 0 aliphatic carbocycles. The highest BCUT2D eigenvalue weighted by atomic mass is 19.4. The van der Waals surface area contributed by atoms with Gasteiger partial charge in [0.1, 0.15) is 5.41 Å². The molecule has 1 aromatic heterocycles. The third-order valence-corrected chi connectivity index (χ3v) is 2.58. The molecular weight excluding hydrogens is 304 g/mol. The van der Waals surface area contributed by atoms with Crippen molar-refractivity contribution in [3.63, 3.8) is 0 Å². The van der Waals surface area contributed by atoms with Gasteiger partial charge in [-0.3, -0.25) is 0 Å². The van der Waals surface area contributed by atoms with E-state index >= 15 is 0 Å². The van der Waals surface area contributed by atoms with Gasteiger partial charge in [0.05, 0.1) is 17.8 Å². The van der Waals surface area contributed by atoms with Gasteiger partial charge in [-0.2, -0.15) is 36.9 Å². The number of aromatic nitrogens is 1. The van der Waals surface area contributed by atoms with E-state index < -0.39 is 48.5 Å². The van der Waals surface area contributed by atoms with Gasteiger partial charge in [-0.05, 0) is 6.42 Å². The van der Waals surface area contributed by atoms with E-state index in [2.05, 4.69) is 9.68 Å². The lowest BCUT2D eigenvalue weighted by atomic mass is 9.82. The predicted molar refractivity (Wildman–Crippen MR) is 54.2 cm³/mol. The van der Waals surface area contributed by atoms with E-state index in [-0.39, 0.29) is 0 Å². The van der Waals surface area contributed by atoms with Crippen LogP contribution in [-0.2, 0) is 12.6 Å². The van der Waals surface area contributed by atoms with Gasteiger partial charge in [-0.25, -0.2) is 0 Å². The molecule has 21 heavy (non-hydrogen) atoms. The Morgan fingerprint density at radius 1 is 1.05 bits per heavy atom. The van der Waals surface area contributed by atoms with Crippen molar-refractivity contribution in [3.8, 4) is 12.1 Å². The van der Waals surface area contributed by atoms with E-state index in [4.69, 9.17) is 10.5 Å². The van der Waals surface area contributed by atoms with Crippen LogP contribution >= 0.6 is 0 Å². The van der Waals surface area contributed by atoms with Crippen LogP contribution in [0.1, 0.15) is 24.3 Å². The van der Waals surface area contributed by atoms with Gasteiger partial charge < -0.3 is 4.52 Å². The van der Waals surface area contributed by atoms with Crippen LogP contribution in [0.25, 0.3) is 0 Å². The van der Waals surface area contributed by atoms with Crippen molar-refractivity contribution in [3.05, 3.63) is 17.5 Å². The third kappa shape index (κ3) is 4.67. The molecule has 0 N–H and O–H groups in total. The Balaban J connectivity index is 2.92. The van der Waals surface area contributed by atoms with Gasteiger partial charge >= 0.3 is 12.4 Å². The fraction of sp³-hybridized carbons (Fsp3) is 0.545. The molecule has 0 aromatic carbocycles. The average molecular weight is 311 g/mol. The highest BCUT2D eigenvalue weighted by molar-refractivity contribution is 5.21. The van der Waals surface area contributed by atoms with E-state index in [9.17, 15) is 26.3 Å². The minimum Gasteiger partial charge on any atom is -0.351 e. The largest absolute Gasteiger partial charge is 0.452 e. The molecule has 1 heterocycles. The van der Waals surface area contributed by atoms with E-state index in [1.165, 1.54) is 12.1 Å². The Labute approximate surface area is 114 Å². The number of alkyl halides is 6. The molecule has 10 heteroatoms. The van der Waals surface area contributed by atoms with Crippen molar-refractivity contribution in [2.24, 2.45) is 5.41 Å². The Morgan fingerprint density at radius 2 is 1.62 bits per heavy atom. The summed E-state index contributed by atoms with van der Waals surface area (Å²) in [5.41, 5.74) is -2.53. The zero-order valence-electron chi connectivity index (χ0n) is 10.2. The van der Waals surface area contributed by atoms with Crippen molar-refractivity contribution in [2.75, 3.05) is 0 Å². The SMILES string of the molecule is N#CC(C#N)(CCC(F)(F)F)Cc1cc(C(F)(F)F)on1. The van der Waals surface area contributed by atoms with Crippen molar-refractivity contribution < 1.29 is 30.9 Å². The van der Waals surface area contributed by atoms with Crippen LogP contribution < -0.4 is 0 Å². The van der Waals surface area contributed by atoms with Crippen LogP contribution in [0.2, 0.25) is 0 Å². The molecule has 0 saturated carbocycles. The lowest BCUT2D eigenvalue weighted by molar-refractivity contribution is -0.155. The first kappa shape index (κ1) is 16.8. The Kier molecular flexibility index (Phi) is 4.52. The van der Waals surface area contributed by atoms with E-state index in [1.54, 1.807) is 0 Å². The maximum Gasteiger partial charge on any atom is 0.452 e. The first-order valence-electron chi connectivity index (χ1n) is 5.43. The second-order valence-electron chi connectivity index (χ2n) is 4.28. The fourth-order valence-electron chi connectivity index (χ4n) is 1.50. The van der Waals surface area contributed by atoms with Crippen molar-refractivity contribution in [1.29, 1.82) is 10.5 Å². The lowest BCUT2D eigenvalue weighted by Gasteiger charge is -2.17. The summed E-state index contributed by atoms with van der Waals surface area (Å²) in [6, 6.07) is 3.28. The van der Waals surface area contributed by atoms with Gasteiger partial charge in [0, 0.05) is 18.9 Å². The molecule has 0 radical (unpaired) electrons. The van der Waals surface area contributed by atoms with Crippen LogP contribution in [0.4, 0.5) is 26.3 Å². The molecule has 0 amide bonds. The third-order valence-electron chi connectivity index (χ3n) is 2.58. The van der Waals surface area contributed by atoms with Gasteiger partial charge in [0.25, 0.3) is 0 Å². The van der Waals surface area contributed by atoms with E-state index in [0.717, 1.165) is 0 Å². The minimum atomic E-state index is -4.81. The second-order valence-corrected chi connectivity index (χ2v) is 4.28. The topological polar surface area (TPSA) is 73.6 Å². The van der Waals surface area contributed by atoms with Gasteiger partial charge in [0.15, 0.2) is 0 Å². The first-order valence-corrected chi connectivity index (χ1v) is 5.43. The molecule has 0 spiro atoms. The van der Waals surface area contributed by atoms with Crippen LogP contribution in [0, 0.1) is 28.1 Å². The molecule has 0 saturated heterocycles. The number of nitriles is 2. The predicted octanol–water partition coefficient (Wildman–Crippen LogP) is 3.61. The highest BCUT2D eigenvalue weighted by Crippen LogP contribution is 2.35. The number of hydrogen-bond acceptors (Lipinski definition) is 4. The van der Waals surface area contributed by atoms with Gasteiger partial charge in [-0.15, -0.1) is 0 Å². The quantitative estimate of drug-likeness (QED) is 0.796. The smallest absolute Gasteiger partial charge is 0.351 e. The molecule has 1 aromatic rings. The number of rotatable bonds is 4. The van der Waals surface area contributed by atoms with Crippen molar-refractivity contribution in [1.82, 2.24) is 5.16 Å². The molecule has 0 bridgehead atoms. The summed E-state index contributed by atoms with van der Waals surface area (Å²) in [6.45, 7) is 0. The minimum absolute atomic E-state index is 0.410. The zero-order chi connectivity index (χ0) is 16.3. The first-order chi connectivity index (χ1) is 9.51. The van der Waals surface area contributed by atoms with Gasteiger partial charge in [-0.1, -0.05) is 5.16 Å². The molecule has 0 atom stereocenters. The van der Waals surface area contributed by atoms with E-state index in [1.807, 2.05) is 0 Å². The number of halogens is 6. The molecule has 114 valence electrons. The summed E-state index contributed by atoms with van der Waals surface area (Å²) < 4.78 is 77.3. The second kappa shape index (κ2) is 5.64. The molecule has 0 unspecified atom stereocenters. The zero-order valence-corrected chi connectivity index (χ0v) is 10.2. The Morgan fingerprint density at radius 3 is 2.00 bits per heavy atom. The molecule has 0 fully saturated rings. The van der Waals surface area contributed by atoms with Crippen LogP contribution in [0.15, 0.2) is 10.6 Å². The van der Waals surface area contributed by atoms with Crippen LogP contribution in [0.5, 0.6) is 0 Å². The normalized spacial score (nSPS) is 12.8. The Hall–Kier alpha value is -2.23. The molecule has 4 nitrogen and oxygen atoms in total. The fourth-order valence-corrected chi connectivity index (χ4v) is 1.50. The maximum absolute atomic E-state index is 12.3. The number of hydrogen-bond donors (Lipinski definition) is 0. The summed E-state index contributed by atoms with van der Waals surface area (Å²) in [5.74, 6) is -1.45. The summed E-state index contributed by atoms with van der Waals surface area (Å²) in [6.07, 6.45) is -12.3. The summed E-state index contributed by atoms with van der Waals surface area (Å²) in [5, 5.41) is 20.8. The monoisotopic (exact) mass is 311 g/mol. The van der Waals surface area contributed by atoms with Crippen molar-refractivity contribution >= 4 is 0 Å². The molecular formula is C11H7F6N3O. The standard InChI is InChI=1S/C11H7F6N3O/c12-10(13,14)2-1-9(5-18,6-19)4-7-3-8(21-20-7)11(15,16)17/h3H,1-2,4H2. The highest BCUT2D eigenvalue weighted by Gasteiger charge is 2.40. The van der Waals surface area contributed by atoms with Crippen LogP contribution in [-0.4, -0.2) is 11.3 Å². The summed E-state index contributed by atoms with van der Waals surface area (Å²) in [4.78, 5) is 0. The molecule has 1 rings (SSSR count). The Bertz CT molecular complexity index is 560. The maximum atomic E-state index is 12.3. The van der Waals surface area contributed by atoms with Crippen molar-refractivity contribution in [2.45, 2.75) is 31.6 Å². The summed E-state index contributed by atoms with van der Waals surface area (Å²) >= 11 is 0. The lowest BCUT2D eigenvalue weighted by Crippen LogP contribution is -2.23. The molecule has 0 aliphatic heterocycles.